The second kappa shape index (κ2) is 5.46. The van der Waals surface area contributed by atoms with Crippen LogP contribution >= 0.6 is 15.9 Å². The molecule has 0 radical (unpaired) electrons. The van der Waals surface area contributed by atoms with Crippen LogP contribution < -0.4 is 0 Å². The number of hydrogen-bond donors (Lipinski definition) is 2. The number of H-pyrrole nitrogens is 1. The second-order valence-corrected chi connectivity index (χ2v) is 7.56. The number of nitrogens with zero attached hydrogens (tertiary/aromatic N) is 2. The summed E-state index contributed by atoms with van der Waals surface area (Å²) in [5.74, 6) is -0.0660. The Kier molecular flexibility index (Phi) is 3.54. The third kappa shape index (κ3) is 2.70. The van der Waals surface area contributed by atoms with Crippen LogP contribution in [0.15, 0.2) is 34.8 Å². The predicted octanol–water partition coefficient (Wildman–Crippen LogP) is 2.83. The quantitative estimate of drug-likeness (QED) is 0.866. The Morgan fingerprint density at radius 1 is 1.39 bits per heavy atom. The molecule has 2 aliphatic rings. The number of carbonyl (C=O) groups excluding carboxylic acids is 1. The van der Waals surface area contributed by atoms with E-state index in [1.165, 1.54) is 12.8 Å². The molecule has 1 aromatic heterocycles. The van der Waals surface area contributed by atoms with Gasteiger partial charge in [-0.05, 0) is 42.9 Å². The Balaban J connectivity index is 1.56. The van der Waals surface area contributed by atoms with Crippen molar-refractivity contribution in [3.05, 3.63) is 40.5 Å². The standard InChI is InChI=1S/C17H18BrN3O2/c18-12-3-1-11(2-4-12)14-7-15(20-19-14)16(23)21-10-17(5-6-17)8-13(21)9-22/h1-4,7,13,22H,5-6,8-10H2,(H,19,20)/t13-/m0/s1. The Morgan fingerprint density at radius 2 is 2.13 bits per heavy atom. The molecule has 1 aliphatic carbocycles. The van der Waals surface area contributed by atoms with Gasteiger partial charge in [-0.25, -0.2) is 0 Å². The molecule has 1 atom stereocenters. The van der Waals surface area contributed by atoms with Crippen LogP contribution in [0.3, 0.4) is 0 Å². The minimum atomic E-state index is -0.0660. The molecule has 1 saturated heterocycles. The van der Waals surface area contributed by atoms with Gasteiger partial charge in [-0.2, -0.15) is 5.10 Å². The second-order valence-electron chi connectivity index (χ2n) is 6.65. The Morgan fingerprint density at radius 3 is 2.78 bits per heavy atom. The van der Waals surface area contributed by atoms with Crippen molar-refractivity contribution in [3.8, 4) is 11.3 Å². The highest BCUT2D eigenvalue weighted by molar-refractivity contribution is 9.10. The van der Waals surface area contributed by atoms with Crippen LogP contribution in [0.4, 0.5) is 0 Å². The number of carbonyl (C=O) groups is 1. The number of rotatable bonds is 3. The lowest BCUT2D eigenvalue weighted by Crippen LogP contribution is -2.38. The highest BCUT2D eigenvalue weighted by atomic mass is 79.9. The molecule has 2 N–H and O–H groups in total. The van der Waals surface area contributed by atoms with Crippen molar-refractivity contribution in [2.24, 2.45) is 5.41 Å². The molecule has 4 rings (SSSR count). The number of amides is 1. The number of aromatic nitrogens is 2. The minimum Gasteiger partial charge on any atom is -0.394 e. The molecule has 1 aromatic carbocycles. The van der Waals surface area contributed by atoms with Crippen molar-refractivity contribution in [1.82, 2.24) is 15.1 Å². The normalized spacial score (nSPS) is 21.8. The molecule has 0 unspecified atom stereocenters. The summed E-state index contributed by atoms with van der Waals surface area (Å²) < 4.78 is 1.01. The number of aromatic amines is 1. The van der Waals surface area contributed by atoms with E-state index in [2.05, 4.69) is 26.1 Å². The van der Waals surface area contributed by atoms with Gasteiger partial charge in [0.2, 0.25) is 0 Å². The van der Waals surface area contributed by atoms with E-state index in [0.29, 0.717) is 5.69 Å². The lowest BCUT2D eigenvalue weighted by molar-refractivity contribution is 0.0668. The average molecular weight is 376 g/mol. The van der Waals surface area contributed by atoms with Crippen LogP contribution in [0.1, 0.15) is 29.8 Å². The molecule has 1 aliphatic heterocycles. The molecule has 0 bridgehead atoms. The van der Waals surface area contributed by atoms with E-state index in [4.69, 9.17) is 0 Å². The van der Waals surface area contributed by atoms with Gasteiger partial charge in [0.25, 0.3) is 5.91 Å². The fourth-order valence-electron chi connectivity index (χ4n) is 3.46. The average Bonchev–Trinajstić information content (AvgIpc) is 3.00. The Hall–Kier alpha value is -1.66. The summed E-state index contributed by atoms with van der Waals surface area (Å²) in [6, 6.07) is 9.54. The summed E-state index contributed by atoms with van der Waals surface area (Å²) >= 11 is 3.41. The zero-order valence-electron chi connectivity index (χ0n) is 12.6. The molecule has 2 aromatic rings. The van der Waals surface area contributed by atoms with E-state index in [1.54, 1.807) is 6.07 Å². The van der Waals surface area contributed by atoms with Gasteiger partial charge in [-0.1, -0.05) is 28.1 Å². The molecule has 23 heavy (non-hydrogen) atoms. The Labute approximate surface area is 142 Å². The van der Waals surface area contributed by atoms with Crippen molar-refractivity contribution in [3.63, 3.8) is 0 Å². The van der Waals surface area contributed by atoms with E-state index >= 15 is 0 Å². The van der Waals surface area contributed by atoms with Gasteiger partial charge in [-0.15, -0.1) is 0 Å². The number of likely N-dealkylation sites (tertiary alicyclic amines) is 1. The van der Waals surface area contributed by atoms with Crippen LogP contribution in [-0.2, 0) is 0 Å². The van der Waals surface area contributed by atoms with Crippen LogP contribution in [0.5, 0.6) is 0 Å². The van der Waals surface area contributed by atoms with Crippen LogP contribution in [-0.4, -0.2) is 45.3 Å². The molecule has 6 heteroatoms. The van der Waals surface area contributed by atoms with Crippen LogP contribution in [0.25, 0.3) is 11.3 Å². The number of hydrogen-bond acceptors (Lipinski definition) is 3. The predicted molar refractivity (Wildman–Crippen MR) is 89.9 cm³/mol. The highest BCUT2D eigenvalue weighted by Crippen LogP contribution is 2.54. The number of nitrogens with one attached hydrogen (secondary N) is 1. The fourth-order valence-corrected chi connectivity index (χ4v) is 3.72. The first-order valence-electron chi connectivity index (χ1n) is 7.83. The van der Waals surface area contributed by atoms with Crippen LogP contribution in [0.2, 0.25) is 0 Å². The monoisotopic (exact) mass is 375 g/mol. The SMILES string of the molecule is O=C(c1cc(-c2ccc(Br)cc2)n[nH]1)N1CC2(CC2)C[C@H]1CO. The first-order chi connectivity index (χ1) is 11.1. The zero-order chi connectivity index (χ0) is 16.0. The van der Waals surface area contributed by atoms with Crippen molar-refractivity contribution in [2.75, 3.05) is 13.2 Å². The van der Waals surface area contributed by atoms with E-state index < -0.39 is 0 Å². The van der Waals surface area contributed by atoms with Gasteiger partial charge < -0.3 is 10.0 Å². The van der Waals surface area contributed by atoms with Gasteiger partial charge in [0.15, 0.2) is 0 Å². The molecule has 1 amide bonds. The summed E-state index contributed by atoms with van der Waals surface area (Å²) in [5.41, 5.74) is 2.47. The van der Waals surface area contributed by atoms with Crippen molar-refractivity contribution >= 4 is 21.8 Å². The maximum absolute atomic E-state index is 12.8. The van der Waals surface area contributed by atoms with E-state index in [1.807, 2.05) is 29.2 Å². The first-order valence-corrected chi connectivity index (χ1v) is 8.63. The summed E-state index contributed by atoms with van der Waals surface area (Å²) in [4.78, 5) is 14.6. The molecule has 1 spiro atoms. The third-order valence-electron chi connectivity index (χ3n) is 4.99. The zero-order valence-corrected chi connectivity index (χ0v) is 14.2. The summed E-state index contributed by atoms with van der Waals surface area (Å²) in [6.07, 6.45) is 3.25. The van der Waals surface area contributed by atoms with E-state index in [-0.39, 0.29) is 24.0 Å². The molecule has 2 heterocycles. The van der Waals surface area contributed by atoms with E-state index in [9.17, 15) is 9.90 Å². The molecular formula is C17H18BrN3O2. The summed E-state index contributed by atoms with van der Waals surface area (Å²) in [5, 5.41) is 16.7. The molecule has 2 fully saturated rings. The summed E-state index contributed by atoms with van der Waals surface area (Å²) in [7, 11) is 0. The van der Waals surface area contributed by atoms with Crippen LogP contribution in [0, 0.1) is 5.41 Å². The van der Waals surface area contributed by atoms with Gasteiger partial charge in [0.05, 0.1) is 18.3 Å². The lowest BCUT2D eigenvalue weighted by Gasteiger charge is -2.22. The highest BCUT2D eigenvalue weighted by Gasteiger charge is 2.53. The fraction of sp³-hybridized carbons (Fsp3) is 0.412. The first kappa shape index (κ1) is 14.9. The van der Waals surface area contributed by atoms with E-state index in [0.717, 1.165) is 28.7 Å². The number of benzene rings is 1. The Bertz CT molecular complexity index is 737. The number of aliphatic hydroxyl groups excluding tert-OH is 1. The smallest absolute Gasteiger partial charge is 0.272 e. The summed E-state index contributed by atoms with van der Waals surface area (Å²) in [6.45, 7) is 0.783. The molecule has 120 valence electrons. The molecular weight excluding hydrogens is 358 g/mol. The maximum atomic E-state index is 12.8. The molecule has 5 nitrogen and oxygen atoms in total. The number of aliphatic hydroxyl groups is 1. The lowest BCUT2D eigenvalue weighted by atomic mass is 10.0. The largest absolute Gasteiger partial charge is 0.394 e. The number of halogens is 1. The maximum Gasteiger partial charge on any atom is 0.272 e. The van der Waals surface area contributed by atoms with Gasteiger partial charge in [0.1, 0.15) is 5.69 Å². The van der Waals surface area contributed by atoms with Gasteiger partial charge in [-0.3, -0.25) is 9.89 Å². The minimum absolute atomic E-state index is 0.0290. The van der Waals surface area contributed by atoms with Gasteiger partial charge >= 0.3 is 0 Å². The van der Waals surface area contributed by atoms with Crippen molar-refractivity contribution in [2.45, 2.75) is 25.3 Å². The van der Waals surface area contributed by atoms with Crippen molar-refractivity contribution in [1.29, 1.82) is 0 Å². The topological polar surface area (TPSA) is 69.2 Å². The van der Waals surface area contributed by atoms with Gasteiger partial charge in [0, 0.05) is 16.6 Å². The third-order valence-corrected chi connectivity index (χ3v) is 5.52. The molecule has 1 saturated carbocycles. The van der Waals surface area contributed by atoms with Crippen molar-refractivity contribution < 1.29 is 9.90 Å².